The third kappa shape index (κ3) is 6.37. The van der Waals surface area contributed by atoms with Crippen molar-refractivity contribution in [2.75, 3.05) is 18.4 Å². The molecule has 2 aromatic rings. The van der Waals surface area contributed by atoms with E-state index in [1.165, 1.54) is 18.1 Å². The predicted molar refractivity (Wildman–Crippen MR) is 157 cm³/mol. The number of piperazine rings is 1. The van der Waals surface area contributed by atoms with E-state index in [1.807, 2.05) is 38.1 Å². The molecule has 0 saturated carbocycles. The van der Waals surface area contributed by atoms with Crippen LogP contribution in [0, 0.1) is 13.8 Å². The molecule has 2 fully saturated rings. The number of rotatable bonds is 8. The van der Waals surface area contributed by atoms with Crippen LogP contribution in [0.1, 0.15) is 54.5 Å². The van der Waals surface area contributed by atoms with Crippen LogP contribution in [0.3, 0.4) is 0 Å². The van der Waals surface area contributed by atoms with Crippen LogP contribution in [-0.4, -0.2) is 53.0 Å². The molecule has 2 heterocycles. The van der Waals surface area contributed by atoms with Gasteiger partial charge in [-0.2, -0.15) is 0 Å². The lowest BCUT2D eigenvalue weighted by molar-refractivity contribution is -0.131. The monoisotopic (exact) mass is 510 g/mol. The van der Waals surface area contributed by atoms with E-state index < -0.39 is 0 Å². The molecular weight excluding hydrogens is 472 g/mol. The normalized spacial score (nSPS) is 19.9. The summed E-state index contributed by atoms with van der Waals surface area (Å²) < 4.78 is 0. The van der Waals surface area contributed by atoms with Gasteiger partial charge in [-0.15, -0.1) is 0 Å². The number of allylic oxidation sites excluding steroid dienone is 2. The Labute approximate surface area is 226 Å². The van der Waals surface area contributed by atoms with E-state index in [2.05, 4.69) is 57.9 Å². The standard InChI is InChI=1S/C32H38N4O2/c1-6-8-30(33-7-2)29-18-26(31(17-23(29)4)34-24(5)37)13-16-32(38)36-27-14-15-28(36)21-35(20-27)19-25-11-9-22(3)10-12-25/h6-13,16-18,27-28H,1,14-15,19-21H2,2-5H3,(H,34,37)/b16-13+,30-8-,33-7?. The fourth-order valence-corrected chi connectivity index (χ4v) is 5.57. The summed E-state index contributed by atoms with van der Waals surface area (Å²) in [4.78, 5) is 34.4. The van der Waals surface area contributed by atoms with Gasteiger partial charge in [0.1, 0.15) is 0 Å². The van der Waals surface area contributed by atoms with Gasteiger partial charge in [0.05, 0.1) is 5.70 Å². The Morgan fingerprint density at radius 3 is 2.39 bits per heavy atom. The van der Waals surface area contributed by atoms with Crippen LogP contribution in [0.25, 0.3) is 11.8 Å². The first-order chi connectivity index (χ1) is 18.3. The molecule has 2 unspecified atom stereocenters. The molecule has 198 valence electrons. The molecule has 2 amide bonds. The number of carbonyl (C=O) groups excluding carboxylic acids is 2. The zero-order chi connectivity index (χ0) is 27.2. The number of hydrogen-bond donors (Lipinski definition) is 1. The molecular formula is C32H38N4O2. The molecule has 6 nitrogen and oxygen atoms in total. The number of anilines is 1. The summed E-state index contributed by atoms with van der Waals surface area (Å²) in [6.07, 6.45) is 10.8. The molecule has 2 aromatic carbocycles. The molecule has 2 bridgehead atoms. The van der Waals surface area contributed by atoms with Crippen LogP contribution in [0.4, 0.5) is 5.69 Å². The third-order valence-electron chi connectivity index (χ3n) is 7.27. The smallest absolute Gasteiger partial charge is 0.247 e. The van der Waals surface area contributed by atoms with Crippen molar-refractivity contribution < 1.29 is 9.59 Å². The summed E-state index contributed by atoms with van der Waals surface area (Å²) in [5, 5.41) is 2.91. The van der Waals surface area contributed by atoms with Crippen molar-refractivity contribution in [1.29, 1.82) is 0 Å². The maximum atomic E-state index is 13.4. The van der Waals surface area contributed by atoms with Crippen molar-refractivity contribution in [3.63, 3.8) is 0 Å². The number of nitrogens with one attached hydrogen (secondary N) is 1. The highest BCUT2D eigenvalue weighted by Gasteiger charge is 2.41. The first-order valence-electron chi connectivity index (χ1n) is 13.3. The molecule has 38 heavy (non-hydrogen) atoms. The van der Waals surface area contributed by atoms with E-state index in [9.17, 15) is 9.59 Å². The van der Waals surface area contributed by atoms with Crippen LogP contribution in [0.5, 0.6) is 0 Å². The van der Waals surface area contributed by atoms with Crippen molar-refractivity contribution in [2.45, 2.75) is 59.2 Å². The molecule has 2 aliphatic heterocycles. The molecule has 4 rings (SSSR count). The molecule has 0 spiro atoms. The van der Waals surface area contributed by atoms with Crippen LogP contribution in [-0.2, 0) is 16.1 Å². The molecule has 2 atom stereocenters. The van der Waals surface area contributed by atoms with Crippen LogP contribution in [0.15, 0.2) is 66.2 Å². The number of aliphatic imine (C=N–C) groups is 1. The first kappa shape index (κ1) is 27.3. The molecule has 0 aliphatic carbocycles. The van der Waals surface area contributed by atoms with Gasteiger partial charge in [-0.05, 0) is 74.6 Å². The zero-order valence-electron chi connectivity index (χ0n) is 22.9. The van der Waals surface area contributed by atoms with Gasteiger partial charge >= 0.3 is 0 Å². The highest BCUT2D eigenvalue weighted by atomic mass is 16.2. The number of amides is 2. The topological polar surface area (TPSA) is 65.0 Å². The average Bonchev–Trinajstić information content (AvgIpc) is 3.14. The number of fused-ring (bicyclic) bond motifs is 2. The Morgan fingerprint density at radius 2 is 1.79 bits per heavy atom. The van der Waals surface area contributed by atoms with E-state index in [0.29, 0.717) is 5.69 Å². The van der Waals surface area contributed by atoms with E-state index in [-0.39, 0.29) is 23.9 Å². The fourth-order valence-electron chi connectivity index (χ4n) is 5.57. The third-order valence-corrected chi connectivity index (χ3v) is 7.27. The van der Waals surface area contributed by atoms with E-state index >= 15 is 0 Å². The van der Waals surface area contributed by atoms with Crippen LogP contribution >= 0.6 is 0 Å². The van der Waals surface area contributed by atoms with Crippen LogP contribution < -0.4 is 5.32 Å². The molecule has 2 saturated heterocycles. The van der Waals surface area contributed by atoms with Gasteiger partial charge in [0.25, 0.3) is 0 Å². The Hall–Kier alpha value is -3.77. The summed E-state index contributed by atoms with van der Waals surface area (Å²) in [5.41, 5.74) is 6.69. The Bertz CT molecular complexity index is 1280. The molecule has 0 aromatic heterocycles. The maximum Gasteiger partial charge on any atom is 0.247 e. The highest BCUT2D eigenvalue weighted by Crippen LogP contribution is 2.32. The number of hydrogen-bond acceptors (Lipinski definition) is 4. The second-order valence-corrected chi connectivity index (χ2v) is 10.3. The summed E-state index contributed by atoms with van der Waals surface area (Å²) in [5.74, 6) is -0.133. The number of carbonyl (C=O) groups is 2. The SMILES string of the molecule is C=C/C=C(\N=CC)c1cc(/C=C/C(=O)N2C3CCC2CN(Cc2ccc(C)cc2)C3)c(NC(C)=O)cc1C. The fraction of sp³-hybridized carbons (Fsp3) is 0.344. The summed E-state index contributed by atoms with van der Waals surface area (Å²) in [6.45, 7) is 13.9. The minimum atomic E-state index is -0.158. The van der Waals surface area contributed by atoms with E-state index in [4.69, 9.17) is 0 Å². The quantitative estimate of drug-likeness (QED) is 0.279. The number of benzene rings is 2. The Morgan fingerprint density at radius 1 is 1.11 bits per heavy atom. The van der Waals surface area contributed by atoms with Gasteiger partial charge in [0, 0.05) is 62.2 Å². The lowest BCUT2D eigenvalue weighted by Crippen LogP contribution is -2.55. The minimum Gasteiger partial charge on any atom is -0.331 e. The average molecular weight is 511 g/mol. The molecule has 6 heteroatoms. The van der Waals surface area contributed by atoms with Crippen molar-refractivity contribution in [2.24, 2.45) is 4.99 Å². The number of nitrogens with zero attached hydrogens (tertiary/aromatic N) is 3. The maximum absolute atomic E-state index is 13.4. The molecule has 1 N–H and O–H groups in total. The van der Waals surface area contributed by atoms with E-state index in [1.54, 1.807) is 18.4 Å². The minimum absolute atomic E-state index is 0.0248. The van der Waals surface area contributed by atoms with E-state index in [0.717, 1.165) is 54.9 Å². The Balaban J connectivity index is 1.54. The largest absolute Gasteiger partial charge is 0.331 e. The lowest BCUT2D eigenvalue weighted by Gasteiger charge is -2.40. The predicted octanol–water partition coefficient (Wildman–Crippen LogP) is 5.77. The molecule has 0 radical (unpaired) electrons. The summed E-state index contributed by atoms with van der Waals surface area (Å²) in [6, 6.07) is 13.1. The summed E-state index contributed by atoms with van der Waals surface area (Å²) in [7, 11) is 0. The summed E-state index contributed by atoms with van der Waals surface area (Å²) >= 11 is 0. The Kier molecular flexibility index (Phi) is 8.74. The van der Waals surface area contributed by atoms with Crippen molar-refractivity contribution in [1.82, 2.24) is 9.80 Å². The van der Waals surface area contributed by atoms with Crippen molar-refractivity contribution in [3.8, 4) is 0 Å². The number of likely N-dealkylation sites (tertiary alicyclic amines) is 1. The van der Waals surface area contributed by atoms with Crippen molar-refractivity contribution in [3.05, 3.63) is 89.0 Å². The highest BCUT2D eigenvalue weighted by molar-refractivity contribution is 5.96. The van der Waals surface area contributed by atoms with Gasteiger partial charge < -0.3 is 10.2 Å². The lowest BCUT2D eigenvalue weighted by atomic mass is 9.99. The van der Waals surface area contributed by atoms with Crippen LogP contribution in [0.2, 0.25) is 0 Å². The molecule has 2 aliphatic rings. The second-order valence-electron chi connectivity index (χ2n) is 10.3. The van der Waals surface area contributed by atoms with Gasteiger partial charge in [-0.25, -0.2) is 0 Å². The van der Waals surface area contributed by atoms with Gasteiger partial charge in [-0.3, -0.25) is 19.5 Å². The van der Waals surface area contributed by atoms with Gasteiger partial charge in [0.15, 0.2) is 0 Å². The van der Waals surface area contributed by atoms with Crippen molar-refractivity contribution >= 4 is 35.5 Å². The van der Waals surface area contributed by atoms with Gasteiger partial charge in [0.2, 0.25) is 11.8 Å². The zero-order valence-corrected chi connectivity index (χ0v) is 22.9. The number of aryl methyl sites for hydroxylation is 2. The van der Waals surface area contributed by atoms with Gasteiger partial charge in [-0.1, -0.05) is 42.5 Å². The second kappa shape index (κ2) is 12.2. The first-order valence-corrected chi connectivity index (χ1v) is 13.3.